The van der Waals surface area contributed by atoms with Crippen LogP contribution in [0.4, 0.5) is 0 Å². The molecule has 1 unspecified atom stereocenters. The molecule has 8 saturated heterocycles. The maximum atomic E-state index is 14.8. The lowest BCUT2D eigenvalue weighted by atomic mass is 9.41. The molecule has 38 atom stereocenters. The van der Waals surface area contributed by atoms with Crippen LogP contribution in [0.1, 0.15) is 106 Å². The third-order valence-electron chi connectivity index (χ3n) is 25.5. The molecule has 8 heterocycles. The van der Waals surface area contributed by atoms with Crippen molar-refractivity contribution < 1.29 is 162 Å². The lowest BCUT2D eigenvalue weighted by Crippen LogP contribution is -2.68. The van der Waals surface area contributed by atoms with E-state index in [9.17, 15) is 86.5 Å². The predicted molar refractivity (Wildman–Crippen MR) is 331 cm³/mol. The topological polar surface area (TPSA) is 488 Å². The summed E-state index contributed by atoms with van der Waals surface area (Å²) < 4.78 is 96.6. The Morgan fingerprint density at radius 1 is 0.450 bits per heavy atom. The van der Waals surface area contributed by atoms with Gasteiger partial charge in [-0.25, -0.2) is 0 Å². The molecule has 33 heteroatoms. The summed E-state index contributed by atoms with van der Waals surface area (Å²) in [5.41, 5.74) is -1.90. The number of cyclic esters (lactones) is 1. The van der Waals surface area contributed by atoms with Crippen LogP contribution in [0.15, 0.2) is 11.6 Å². The predicted octanol–water partition coefficient (Wildman–Crippen LogP) is -4.90. The van der Waals surface area contributed by atoms with Crippen molar-refractivity contribution in [1.82, 2.24) is 0 Å². The average molecular weight is 1440 g/mol. The highest BCUT2D eigenvalue weighted by atomic mass is 16.8. The van der Waals surface area contributed by atoms with Crippen LogP contribution in [-0.2, 0) is 80.6 Å². The molecule has 0 aromatic heterocycles. The molecule has 0 aromatic carbocycles. The van der Waals surface area contributed by atoms with E-state index in [2.05, 4.69) is 54.5 Å². The zero-order valence-electron chi connectivity index (χ0n) is 57.9. The molecule has 16 N–H and O–H groups in total. The second kappa shape index (κ2) is 29.5. The number of esters is 1. The smallest absolute Gasteiger partial charge is 0.314 e. The number of aliphatic hydroxyl groups is 16. The summed E-state index contributed by atoms with van der Waals surface area (Å²) in [5, 5.41) is 178. The van der Waals surface area contributed by atoms with Gasteiger partial charge in [-0.05, 0) is 107 Å². The maximum Gasteiger partial charge on any atom is 0.314 e. The number of ether oxygens (including phenoxy) is 16. The first kappa shape index (κ1) is 77.6. The van der Waals surface area contributed by atoms with Crippen molar-refractivity contribution in [2.45, 2.75) is 308 Å². The molecule has 100 heavy (non-hydrogen) atoms. The van der Waals surface area contributed by atoms with E-state index in [1.54, 1.807) is 0 Å². The van der Waals surface area contributed by atoms with Gasteiger partial charge in [-0.3, -0.25) is 4.79 Å². The largest absolute Gasteiger partial charge is 0.456 e. The lowest BCUT2D eigenvalue weighted by molar-refractivity contribution is -0.399. The van der Waals surface area contributed by atoms with Gasteiger partial charge in [0.15, 0.2) is 37.7 Å². The molecule has 33 nitrogen and oxygen atoms in total. The van der Waals surface area contributed by atoms with Crippen molar-refractivity contribution in [3.63, 3.8) is 0 Å². The van der Waals surface area contributed by atoms with Crippen LogP contribution in [0, 0.1) is 39.4 Å². The van der Waals surface area contributed by atoms with Crippen LogP contribution in [0.3, 0.4) is 0 Å². The molecular weight excluding hydrogens is 1330 g/mol. The van der Waals surface area contributed by atoms with E-state index >= 15 is 0 Å². The Bertz CT molecular complexity index is 2820. The molecule has 11 fully saturated rings. The van der Waals surface area contributed by atoms with Crippen LogP contribution in [-0.4, -0.2) is 343 Å². The summed E-state index contributed by atoms with van der Waals surface area (Å²) in [5.74, 6) is -0.0959. The Labute approximate surface area is 579 Å². The number of methoxy groups -OCH3 is 2. The number of fused-ring (bicyclic) bond motifs is 4. The van der Waals surface area contributed by atoms with Crippen molar-refractivity contribution in [1.29, 1.82) is 0 Å². The van der Waals surface area contributed by atoms with Crippen LogP contribution in [0.5, 0.6) is 0 Å². The highest BCUT2D eigenvalue weighted by Crippen LogP contribution is 2.76. The Kier molecular flexibility index (Phi) is 22.9. The molecule has 574 valence electrons. The van der Waals surface area contributed by atoms with Gasteiger partial charge in [0.25, 0.3) is 0 Å². The van der Waals surface area contributed by atoms with Crippen molar-refractivity contribution in [3.8, 4) is 0 Å². The van der Waals surface area contributed by atoms with Crippen LogP contribution < -0.4 is 0 Å². The fourth-order valence-corrected chi connectivity index (χ4v) is 19.9. The van der Waals surface area contributed by atoms with Crippen LogP contribution in [0.2, 0.25) is 0 Å². The lowest BCUT2D eigenvalue weighted by Gasteiger charge is -2.63. The second-order valence-electron chi connectivity index (χ2n) is 31.6. The Morgan fingerprint density at radius 2 is 0.920 bits per heavy atom. The third kappa shape index (κ3) is 12.9. The van der Waals surface area contributed by atoms with Crippen molar-refractivity contribution >= 4 is 5.97 Å². The Hall–Kier alpha value is -2.03. The first-order chi connectivity index (χ1) is 47.3. The molecule has 8 aliphatic heterocycles. The summed E-state index contributed by atoms with van der Waals surface area (Å²) >= 11 is 0. The third-order valence-corrected chi connectivity index (χ3v) is 25.5. The molecular formula is C67H108O33. The van der Waals surface area contributed by atoms with Gasteiger partial charge in [-0.15, -0.1) is 0 Å². The SMILES string of the molecule is CO[C@@H]1[C@@H](O)[C@H](O[C@@H]2[C@@H](O)[C@H](O[C@H]3[C@H](O)[C@@H](O)[C@H](O[C@H]4[C@H](O[C@H]5CC[C@]6(C)C7=CC[C@]89C(=O)O[C@@](C)(C%10CCC(C)(C)O%10)[C@H]8CC[C@@]9(C)[C@@H]7CC[C@H]6C5(C)C)OC[C@@H](O[C@@H]5O[C@H](CO)[C@@H](O[C@@H]6O[C@H](CO)[C@@H](O)[C@H](OC)[C@H]6O)[C@H](O)[C@H]5O)[C@@H]4O)O[C@@H]3CO)O[C@H](CO)[C@H]2O)O[C@H](CO)[C@H]1O. The van der Waals surface area contributed by atoms with Gasteiger partial charge in [0.2, 0.25) is 0 Å². The summed E-state index contributed by atoms with van der Waals surface area (Å²) in [7, 11) is 2.36. The zero-order valence-corrected chi connectivity index (χ0v) is 57.9. The van der Waals surface area contributed by atoms with E-state index in [0.29, 0.717) is 19.3 Å². The molecule has 0 aromatic rings. The van der Waals surface area contributed by atoms with Gasteiger partial charge in [-0.2, -0.15) is 0 Å². The monoisotopic (exact) mass is 1440 g/mol. The van der Waals surface area contributed by atoms with Crippen molar-refractivity contribution in [2.24, 2.45) is 39.4 Å². The minimum Gasteiger partial charge on any atom is -0.456 e. The molecule has 0 bridgehead atoms. The van der Waals surface area contributed by atoms with E-state index in [4.69, 9.17) is 75.8 Å². The molecule has 0 radical (unpaired) electrons. The number of hydrogen-bond donors (Lipinski definition) is 16. The first-order valence-electron chi connectivity index (χ1n) is 35.3. The van der Waals surface area contributed by atoms with Gasteiger partial charge in [-0.1, -0.05) is 39.3 Å². The molecule has 12 rings (SSSR count). The van der Waals surface area contributed by atoms with E-state index in [1.165, 1.54) is 19.8 Å². The highest BCUT2D eigenvalue weighted by Gasteiger charge is 2.78. The quantitative estimate of drug-likeness (QED) is 0.0309. The van der Waals surface area contributed by atoms with Crippen LogP contribution >= 0.6 is 0 Å². The highest BCUT2D eigenvalue weighted by molar-refractivity contribution is 5.83. The number of aliphatic hydroxyl groups excluding tert-OH is 16. The Morgan fingerprint density at radius 3 is 1.42 bits per heavy atom. The molecule has 1 spiro atoms. The van der Waals surface area contributed by atoms with Gasteiger partial charge < -0.3 is 157 Å². The first-order valence-corrected chi connectivity index (χ1v) is 35.3. The van der Waals surface area contributed by atoms with Crippen LogP contribution in [0.25, 0.3) is 0 Å². The number of rotatable bonds is 20. The zero-order chi connectivity index (χ0) is 72.4. The van der Waals surface area contributed by atoms with E-state index < -0.39 is 246 Å². The number of hydrogen-bond acceptors (Lipinski definition) is 33. The molecule has 3 saturated carbocycles. The summed E-state index contributed by atoms with van der Waals surface area (Å²) in [6, 6.07) is 0. The van der Waals surface area contributed by atoms with Gasteiger partial charge in [0, 0.05) is 20.1 Å². The molecule has 12 aliphatic rings. The molecule has 4 aliphatic carbocycles. The minimum atomic E-state index is -2.17. The second-order valence-corrected chi connectivity index (χ2v) is 31.6. The number of carbonyl (C=O) groups is 1. The average Bonchev–Trinajstić information content (AvgIpc) is 1.47. The van der Waals surface area contributed by atoms with Gasteiger partial charge in [0.05, 0.1) is 62.9 Å². The van der Waals surface area contributed by atoms with E-state index in [-0.39, 0.29) is 40.8 Å². The fourth-order valence-electron chi connectivity index (χ4n) is 19.9. The van der Waals surface area contributed by atoms with Crippen molar-refractivity contribution in [3.05, 3.63) is 11.6 Å². The fraction of sp³-hybridized carbons (Fsp3) is 0.955. The summed E-state index contributed by atoms with van der Waals surface area (Å²) in [4.78, 5) is 14.8. The van der Waals surface area contributed by atoms with Crippen molar-refractivity contribution in [2.75, 3.05) is 53.9 Å². The number of allylic oxidation sites excluding steroid dienone is 2. The molecule has 0 amide bonds. The normalized spacial score (nSPS) is 53.8. The number of carbonyl (C=O) groups excluding carboxylic acids is 1. The Balaban J connectivity index is 0.783. The van der Waals surface area contributed by atoms with E-state index in [1.807, 2.05) is 0 Å². The summed E-state index contributed by atoms with van der Waals surface area (Å²) in [6.07, 6.45) is -42.5. The maximum absolute atomic E-state index is 14.8. The standard InChI is InChI=1S/C67H108O33/c1-62(2)16-14-37(99-62)66(7)35-13-18-65(6)27-10-11-34-63(3,4)36(15-17-64(34,5)26(27)12-19-67(35,65)61(84)100-66)94-60-54(41(76)33(25-87-60)93-55-44(79)42(77)49(31(23-71)91-55)95-57-46(81)51(85-8)38(73)28(20-68)88-57)98-56-45(80)43(78)50(32(24-72)92-56)96-59-48(83)53(40(75)30(22-70)90-59)97-58-47(82)52(86-9)39(74)29(21-69)89-58/h12,27-60,68-83H,10-11,13-25H2,1-9H3/t27-,28-,29-,30-,31-,32-,33-,34+,35-,36+,37?,38-,39-,40-,41+,42-,43-,44-,45-,46-,47-,48-,49-,50-,51+,52+,53+,54-,55+,56+,57+,58+,59+,60+,64-,65+,66-,67-/m1/s1. The summed E-state index contributed by atoms with van der Waals surface area (Å²) in [6.45, 7) is 10.2. The van der Waals surface area contributed by atoms with Gasteiger partial charge in [0.1, 0.15) is 146 Å². The van der Waals surface area contributed by atoms with Gasteiger partial charge >= 0.3 is 5.97 Å². The van der Waals surface area contributed by atoms with E-state index in [0.717, 1.165) is 38.5 Å². The minimum absolute atomic E-state index is 0.0103.